The summed E-state index contributed by atoms with van der Waals surface area (Å²) in [7, 11) is 0. The molecule has 0 aliphatic carbocycles. The van der Waals surface area contributed by atoms with Crippen LogP contribution in [-0.4, -0.2) is 45.1 Å². The van der Waals surface area contributed by atoms with Gasteiger partial charge < -0.3 is 19.3 Å². The standard InChI is InChI=1S/C18H21N3O5/c1-12-19-15(20-26-12)10-25-14-7-4-3-6-13(14)16(22)21-9-5-8-18(2,11-21)17(23)24/h3-4,6-7H,5,8-11H2,1-2H3,(H,23,24). The molecule has 1 fully saturated rings. The van der Waals surface area contributed by atoms with Crippen LogP contribution in [0, 0.1) is 12.3 Å². The van der Waals surface area contributed by atoms with Crippen LogP contribution in [0.2, 0.25) is 0 Å². The van der Waals surface area contributed by atoms with Crippen molar-refractivity contribution < 1.29 is 24.0 Å². The first kappa shape index (κ1) is 17.9. The number of aliphatic carboxylic acids is 1. The van der Waals surface area contributed by atoms with Gasteiger partial charge in [0.1, 0.15) is 5.75 Å². The zero-order valence-corrected chi connectivity index (χ0v) is 14.8. The van der Waals surface area contributed by atoms with E-state index in [9.17, 15) is 14.7 Å². The summed E-state index contributed by atoms with van der Waals surface area (Å²) in [4.78, 5) is 30.1. The monoisotopic (exact) mass is 359 g/mol. The van der Waals surface area contributed by atoms with E-state index in [2.05, 4.69) is 10.1 Å². The van der Waals surface area contributed by atoms with Crippen LogP contribution in [0.1, 0.15) is 41.8 Å². The van der Waals surface area contributed by atoms with Gasteiger partial charge in [0.25, 0.3) is 5.91 Å². The van der Waals surface area contributed by atoms with Crippen LogP contribution in [0.4, 0.5) is 0 Å². The Morgan fingerprint density at radius 2 is 2.15 bits per heavy atom. The zero-order chi connectivity index (χ0) is 18.7. The number of aryl methyl sites for hydroxylation is 1. The molecular formula is C18H21N3O5. The maximum Gasteiger partial charge on any atom is 0.311 e. The molecule has 1 aliphatic rings. The minimum atomic E-state index is -0.925. The number of hydrogen-bond acceptors (Lipinski definition) is 6. The fourth-order valence-electron chi connectivity index (χ4n) is 3.07. The molecule has 1 aliphatic heterocycles. The van der Waals surface area contributed by atoms with Crippen molar-refractivity contribution in [3.05, 3.63) is 41.5 Å². The maximum atomic E-state index is 12.9. The highest BCUT2D eigenvalue weighted by atomic mass is 16.5. The van der Waals surface area contributed by atoms with Gasteiger partial charge in [-0.1, -0.05) is 17.3 Å². The van der Waals surface area contributed by atoms with E-state index in [1.54, 1.807) is 43.0 Å². The molecule has 8 nitrogen and oxygen atoms in total. The van der Waals surface area contributed by atoms with Crippen molar-refractivity contribution in [3.63, 3.8) is 0 Å². The number of hydrogen-bond donors (Lipinski definition) is 1. The van der Waals surface area contributed by atoms with E-state index >= 15 is 0 Å². The molecule has 0 spiro atoms. The summed E-state index contributed by atoms with van der Waals surface area (Å²) in [6.07, 6.45) is 1.21. The highest BCUT2D eigenvalue weighted by Gasteiger charge is 2.39. The number of likely N-dealkylation sites (tertiary alicyclic amines) is 1. The van der Waals surface area contributed by atoms with Crippen LogP contribution in [0.3, 0.4) is 0 Å². The van der Waals surface area contributed by atoms with Crippen molar-refractivity contribution in [3.8, 4) is 5.75 Å². The normalized spacial score (nSPS) is 20.0. The highest BCUT2D eigenvalue weighted by molar-refractivity contribution is 5.97. The lowest BCUT2D eigenvalue weighted by Gasteiger charge is -2.37. The lowest BCUT2D eigenvalue weighted by Crippen LogP contribution is -2.48. The van der Waals surface area contributed by atoms with Crippen molar-refractivity contribution in [2.75, 3.05) is 13.1 Å². The van der Waals surface area contributed by atoms with Gasteiger partial charge in [0.15, 0.2) is 6.61 Å². The van der Waals surface area contributed by atoms with Gasteiger partial charge in [-0.2, -0.15) is 4.98 Å². The molecule has 2 heterocycles. The van der Waals surface area contributed by atoms with Gasteiger partial charge in [-0.05, 0) is 31.9 Å². The van der Waals surface area contributed by atoms with Crippen LogP contribution >= 0.6 is 0 Å². The van der Waals surface area contributed by atoms with E-state index in [4.69, 9.17) is 9.26 Å². The number of carbonyl (C=O) groups is 2. The van der Waals surface area contributed by atoms with Gasteiger partial charge in [0.2, 0.25) is 11.7 Å². The van der Waals surface area contributed by atoms with E-state index in [0.717, 1.165) is 0 Å². The SMILES string of the molecule is Cc1nc(COc2ccccc2C(=O)N2CCCC(C)(C(=O)O)C2)no1. The molecule has 0 bridgehead atoms. The fraction of sp³-hybridized carbons (Fsp3) is 0.444. The zero-order valence-electron chi connectivity index (χ0n) is 14.8. The molecule has 1 aromatic heterocycles. The maximum absolute atomic E-state index is 12.9. The van der Waals surface area contributed by atoms with E-state index in [0.29, 0.717) is 42.4 Å². The van der Waals surface area contributed by atoms with E-state index in [1.807, 2.05) is 0 Å². The number of rotatable bonds is 5. The van der Waals surface area contributed by atoms with Crippen LogP contribution in [0.15, 0.2) is 28.8 Å². The number of aromatic nitrogens is 2. The second-order valence-corrected chi connectivity index (χ2v) is 6.71. The first-order valence-electron chi connectivity index (χ1n) is 8.43. The largest absolute Gasteiger partial charge is 0.485 e. The summed E-state index contributed by atoms with van der Waals surface area (Å²) in [5.41, 5.74) is -0.534. The van der Waals surface area contributed by atoms with Gasteiger partial charge in [-0.15, -0.1) is 0 Å². The Morgan fingerprint density at radius 1 is 1.38 bits per heavy atom. The summed E-state index contributed by atoms with van der Waals surface area (Å²) in [5.74, 6) is 0.113. The quantitative estimate of drug-likeness (QED) is 0.873. The van der Waals surface area contributed by atoms with Crippen LogP contribution in [-0.2, 0) is 11.4 Å². The van der Waals surface area contributed by atoms with E-state index < -0.39 is 11.4 Å². The lowest BCUT2D eigenvalue weighted by atomic mass is 9.82. The molecule has 1 aromatic carbocycles. The number of benzene rings is 1. The molecule has 1 saturated heterocycles. The number of ether oxygens (including phenoxy) is 1. The summed E-state index contributed by atoms with van der Waals surface area (Å²) in [6.45, 7) is 4.15. The molecule has 1 atom stereocenters. The Kier molecular flexibility index (Phi) is 4.92. The Bertz CT molecular complexity index is 819. The highest BCUT2D eigenvalue weighted by Crippen LogP contribution is 2.31. The van der Waals surface area contributed by atoms with E-state index in [1.165, 1.54) is 0 Å². The summed E-state index contributed by atoms with van der Waals surface area (Å²) in [6, 6.07) is 6.89. The molecule has 138 valence electrons. The Labute approximate surface area is 150 Å². The van der Waals surface area contributed by atoms with Gasteiger partial charge in [0, 0.05) is 20.0 Å². The van der Waals surface area contributed by atoms with Crippen molar-refractivity contribution >= 4 is 11.9 Å². The number of piperidine rings is 1. The minimum absolute atomic E-state index is 0.0779. The second-order valence-electron chi connectivity index (χ2n) is 6.71. The third-order valence-electron chi connectivity index (χ3n) is 4.54. The number of carbonyl (C=O) groups excluding carboxylic acids is 1. The van der Waals surface area contributed by atoms with Crippen molar-refractivity contribution in [2.24, 2.45) is 5.41 Å². The lowest BCUT2D eigenvalue weighted by molar-refractivity contribution is -0.150. The smallest absolute Gasteiger partial charge is 0.311 e. The summed E-state index contributed by atoms with van der Waals surface area (Å²) < 4.78 is 10.6. The first-order chi connectivity index (χ1) is 12.4. The number of para-hydroxylation sites is 1. The van der Waals surface area contributed by atoms with Gasteiger partial charge in [0.05, 0.1) is 11.0 Å². The summed E-state index contributed by atoms with van der Waals surface area (Å²) >= 11 is 0. The number of carboxylic acids is 1. The van der Waals surface area contributed by atoms with Crippen LogP contribution in [0.25, 0.3) is 0 Å². The van der Waals surface area contributed by atoms with Crippen LogP contribution < -0.4 is 4.74 Å². The molecule has 1 N–H and O–H groups in total. The predicted octanol–water partition coefficient (Wildman–Crippen LogP) is 2.28. The van der Waals surface area contributed by atoms with Gasteiger partial charge in [-0.3, -0.25) is 9.59 Å². The van der Waals surface area contributed by atoms with Crippen molar-refractivity contribution in [1.29, 1.82) is 0 Å². The fourth-order valence-corrected chi connectivity index (χ4v) is 3.07. The van der Waals surface area contributed by atoms with Gasteiger partial charge >= 0.3 is 5.97 Å². The molecule has 0 radical (unpaired) electrons. The molecule has 1 amide bonds. The number of carboxylic acid groups (broad SMARTS) is 1. The number of amides is 1. The van der Waals surface area contributed by atoms with Gasteiger partial charge in [-0.25, -0.2) is 0 Å². The summed E-state index contributed by atoms with van der Waals surface area (Å²) in [5, 5.41) is 13.2. The van der Waals surface area contributed by atoms with Crippen molar-refractivity contribution in [2.45, 2.75) is 33.3 Å². The minimum Gasteiger partial charge on any atom is -0.485 e. The second kappa shape index (κ2) is 7.15. The third kappa shape index (κ3) is 3.68. The molecular weight excluding hydrogens is 338 g/mol. The topological polar surface area (TPSA) is 106 Å². The molecule has 0 saturated carbocycles. The Morgan fingerprint density at radius 3 is 2.85 bits per heavy atom. The molecule has 26 heavy (non-hydrogen) atoms. The number of nitrogens with zero attached hydrogens (tertiary/aromatic N) is 3. The predicted molar refractivity (Wildman–Crippen MR) is 90.7 cm³/mol. The first-order valence-corrected chi connectivity index (χ1v) is 8.43. The third-order valence-corrected chi connectivity index (χ3v) is 4.54. The average Bonchev–Trinajstić information content (AvgIpc) is 3.05. The molecule has 2 aromatic rings. The van der Waals surface area contributed by atoms with E-state index in [-0.39, 0.29) is 19.1 Å². The Hall–Kier alpha value is -2.90. The molecule has 8 heteroatoms. The Balaban J connectivity index is 1.76. The molecule has 3 rings (SSSR count). The van der Waals surface area contributed by atoms with Crippen LogP contribution in [0.5, 0.6) is 5.75 Å². The van der Waals surface area contributed by atoms with Crippen molar-refractivity contribution in [1.82, 2.24) is 15.0 Å². The molecule has 1 unspecified atom stereocenters. The average molecular weight is 359 g/mol.